The number of carboxylic acids is 1. The van der Waals surface area contributed by atoms with E-state index in [1.54, 1.807) is 0 Å². The van der Waals surface area contributed by atoms with Crippen LogP contribution in [0.1, 0.15) is 91.4 Å². The smallest absolute Gasteiger partial charge is 0.306 e. The molecular weight excluding hydrogens is 476 g/mol. The molecule has 210 valence electrons. The minimum absolute atomic E-state index is 0.0369. The van der Waals surface area contributed by atoms with Gasteiger partial charge < -0.3 is 24.8 Å². The van der Waals surface area contributed by atoms with Crippen molar-refractivity contribution in [3.05, 3.63) is 0 Å². The number of hydrogen-bond acceptors (Lipinski definition) is 7. The van der Waals surface area contributed by atoms with Crippen molar-refractivity contribution >= 4 is 17.9 Å². The van der Waals surface area contributed by atoms with E-state index in [1.165, 1.54) is 7.11 Å². The average molecular weight is 523 g/mol. The Morgan fingerprint density at radius 1 is 0.946 bits per heavy atom. The molecule has 0 amide bonds. The van der Waals surface area contributed by atoms with Crippen molar-refractivity contribution in [1.82, 2.24) is 0 Å². The van der Waals surface area contributed by atoms with E-state index < -0.39 is 24.1 Å². The third-order valence-corrected chi connectivity index (χ3v) is 11.4. The summed E-state index contributed by atoms with van der Waals surface area (Å²) >= 11 is 0. The Kier molecular flexibility index (Phi) is 8.30. The topological polar surface area (TPSA) is 130 Å². The summed E-state index contributed by atoms with van der Waals surface area (Å²) in [6.07, 6.45) is 5.26. The molecule has 0 saturated heterocycles. The molecule has 8 heteroatoms. The van der Waals surface area contributed by atoms with E-state index in [0.717, 1.165) is 32.1 Å². The number of aliphatic hydroxyl groups excluding tert-OH is 2. The summed E-state index contributed by atoms with van der Waals surface area (Å²) in [4.78, 5) is 34.7. The van der Waals surface area contributed by atoms with Crippen LogP contribution in [-0.2, 0) is 23.9 Å². The molecule has 0 unspecified atom stereocenters. The highest BCUT2D eigenvalue weighted by Crippen LogP contribution is 2.68. The summed E-state index contributed by atoms with van der Waals surface area (Å²) in [5.74, 6) is -0.289. The molecule has 0 aromatic rings. The Balaban J connectivity index is 1.47. The lowest BCUT2D eigenvalue weighted by Crippen LogP contribution is -2.62. The van der Waals surface area contributed by atoms with Crippen LogP contribution in [0.25, 0.3) is 0 Å². The van der Waals surface area contributed by atoms with Crippen LogP contribution < -0.4 is 0 Å². The standard InChI is InChI=1S/C29H46O8/c1-16(5-9-25(34)36-4)19-6-7-20-27-21(15-23(31)29(19,20)3)28(2)12-11-18(13-17(28)14-22(27)30)37-26(35)10-8-24(32)33/h16-23,27,30-31H,5-15H2,1-4H3,(H,32,33)/t16-,17-,18+,19+,20-,21-,22-,23-,27-,28+,29+/m1/s1. The normalized spacial score (nSPS) is 43.6. The van der Waals surface area contributed by atoms with Crippen molar-refractivity contribution in [3.8, 4) is 0 Å². The van der Waals surface area contributed by atoms with Gasteiger partial charge in [0.05, 0.1) is 32.2 Å². The van der Waals surface area contributed by atoms with Gasteiger partial charge in [0.15, 0.2) is 0 Å². The fraction of sp³-hybridized carbons (Fsp3) is 0.897. The first-order valence-electron chi connectivity index (χ1n) is 14.3. The van der Waals surface area contributed by atoms with Crippen molar-refractivity contribution in [2.75, 3.05) is 7.11 Å². The average Bonchev–Trinajstić information content (AvgIpc) is 3.21. The minimum Gasteiger partial charge on any atom is -0.481 e. The van der Waals surface area contributed by atoms with Gasteiger partial charge in [0.2, 0.25) is 0 Å². The van der Waals surface area contributed by atoms with Gasteiger partial charge >= 0.3 is 17.9 Å². The number of rotatable bonds is 8. The van der Waals surface area contributed by atoms with Gasteiger partial charge in [0, 0.05) is 6.42 Å². The van der Waals surface area contributed by atoms with Crippen LogP contribution in [0.5, 0.6) is 0 Å². The molecule has 4 fully saturated rings. The number of methoxy groups -OCH3 is 1. The van der Waals surface area contributed by atoms with Crippen molar-refractivity contribution in [3.63, 3.8) is 0 Å². The van der Waals surface area contributed by atoms with Gasteiger partial charge in [-0.25, -0.2) is 0 Å². The molecule has 0 aliphatic heterocycles. The molecule has 0 heterocycles. The van der Waals surface area contributed by atoms with E-state index in [4.69, 9.17) is 14.6 Å². The van der Waals surface area contributed by atoms with Gasteiger partial charge in [-0.3, -0.25) is 14.4 Å². The molecule has 37 heavy (non-hydrogen) atoms. The van der Waals surface area contributed by atoms with Crippen LogP contribution in [0.15, 0.2) is 0 Å². The van der Waals surface area contributed by atoms with Crippen LogP contribution in [0, 0.1) is 46.3 Å². The molecule has 4 saturated carbocycles. The van der Waals surface area contributed by atoms with Gasteiger partial charge in [-0.15, -0.1) is 0 Å². The maximum absolute atomic E-state index is 12.1. The quantitative estimate of drug-likeness (QED) is 0.409. The number of hydrogen-bond donors (Lipinski definition) is 3. The number of carbonyl (C=O) groups is 3. The van der Waals surface area contributed by atoms with Crippen LogP contribution in [-0.4, -0.2) is 58.6 Å². The molecule has 0 radical (unpaired) electrons. The largest absolute Gasteiger partial charge is 0.481 e. The first-order valence-corrected chi connectivity index (χ1v) is 14.3. The third kappa shape index (κ3) is 5.17. The summed E-state index contributed by atoms with van der Waals surface area (Å²) in [5.41, 5.74) is -0.317. The molecule has 4 aliphatic rings. The Bertz CT molecular complexity index is 874. The van der Waals surface area contributed by atoms with Crippen molar-refractivity contribution in [2.24, 2.45) is 46.3 Å². The van der Waals surface area contributed by atoms with E-state index in [1.807, 2.05) is 0 Å². The predicted octanol–water partition coefficient (Wildman–Crippen LogP) is 3.95. The zero-order valence-electron chi connectivity index (χ0n) is 22.9. The van der Waals surface area contributed by atoms with Gasteiger partial charge in [0.25, 0.3) is 0 Å². The highest BCUT2D eigenvalue weighted by Gasteiger charge is 2.65. The van der Waals surface area contributed by atoms with Gasteiger partial charge in [-0.2, -0.15) is 0 Å². The number of aliphatic carboxylic acids is 1. The number of ether oxygens (including phenoxy) is 2. The Morgan fingerprint density at radius 3 is 2.35 bits per heavy atom. The monoisotopic (exact) mass is 522 g/mol. The van der Waals surface area contributed by atoms with E-state index in [-0.39, 0.29) is 65.3 Å². The second-order valence-corrected chi connectivity index (χ2v) is 13.0. The molecule has 0 bridgehead atoms. The first-order chi connectivity index (χ1) is 17.4. The van der Waals surface area contributed by atoms with Gasteiger partial charge in [-0.1, -0.05) is 20.8 Å². The Hall–Kier alpha value is -1.67. The van der Waals surface area contributed by atoms with Crippen LogP contribution >= 0.6 is 0 Å². The number of carbonyl (C=O) groups excluding carboxylic acids is 2. The molecule has 8 nitrogen and oxygen atoms in total. The molecule has 4 rings (SSSR count). The van der Waals surface area contributed by atoms with Crippen molar-refractivity contribution in [2.45, 2.75) is 110 Å². The van der Waals surface area contributed by atoms with Gasteiger partial charge in [-0.05, 0) is 97.7 Å². The van der Waals surface area contributed by atoms with Crippen LogP contribution in [0.2, 0.25) is 0 Å². The Morgan fingerprint density at radius 2 is 1.68 bits per heavy atom. The Labute approximate surface area is 220 Å². The number of esters is 2. The molecule has 3 N–H and O–H groups in total. The van der Waals surface area contributed by atoms with E-state index in [9.17, 15) is 24.6 Å². The maximum atomic E-state index is 12.1. The SMILES string of the molecule is COC(=O)CC[C@@H](C)[C@@H]1CC[C@@H]2[C@H]3[C@H](O)C[C@H]4C[C@@H](OC(=O)CCC(=O)O)CC[C@]4(C)[C@@H]3C[C@@H](O)[C@]21C. The zero-order chi connectivity index (χ0) is 27.1. The lowest BCUT2D eigenvalue weighted by atomic mass is 9.43. The molecule has 0 aromatic carbocycles. The predicted molar refractivity (Wildman–Crippen MR) is 135 cm³/mol. The lowest BCUT2D eigenvalue weighted by molar-refractivity contribution is -0.209. The highest BCUT2D eigenvalue weighted by atomic mass is 16.5. The zero-order valence-corrected chi connectivity index (χ0v) is 22.9. The van der Waals surface area contributed by atoms with E-state index >= 15 is 0 Å². The molecule has 11 atom stereocenters. The number of aliphatic hydroxyl groups is 2. The summed E-state index contributed by atoms with van der Waals surface area (Å²) in [5, 5.41) is 32.1. The maximum Gasteiger partial charge on any atom is 0.306 e. The van der Waals surface area contributed by atoms with Crippen LogP contribution in [0.3, 0.4) is 0 Å². The van der Waals surface area contributed by atoms with E-state index in [0.29, 0.717) is 31.6 Å². The van der Waals surface area contributed by atoms with Crippen molar-refractivity contribution in [1.29, 1.82) is 0 Å². The fourth-order valence-corrected chi connectivity index (χ4v) is 9.32. The fourth-order valence-electron chi connectivity index (χ4n) is 9.32. The van der Waals surface area contributed by atoms with Gasteiger partial charge in [0.1, 0.15) is 6.10 Å². The van der Waals surface area contributed by atoms with Crippen LogP contribution in [0.4, 0.5) is 0 Å². The van der Waals surface area contributed by atoms with E-state index in [2.05, 4.69) is 20.8 Å². The number of carboxylic acid groups (broad SMARTS) is 1. The lowest BCUT2D eigenvalue weighted by Gasteiger charge is -2.63. The minimum atomic E-state index is -1.01. The second-order valence-electron chi connectivity index (χ2n) is 13.0. The first kappa shape index (κ1) is 28.3. The summed E-state index contributed by atoms with van der Waals surface area (Å²) in [7, 11) is 1.42. The molecule has 0 aromatic heterocycles. The summed E-state index contributed by atoms with van der Waals surface area (Å²) in [6.45, 7) is 6.72. The number of fused-ring (bicyclic) bond motifs is 5. The molecular formula is C29H46O8. The molecule has 4 aliphatic carbocycles. The summed E-state index contributed by atoms with van der Waals surface area (Å²) in [6, 6.07) is 0. The molecule has 0 spiro atoms. The second kappa shape index (κ2) is 10.8. The summed E-state index contributed by atoms with van der Waals surface area (Å²) < 4.78 is 10.5. The highest BCUT2D eigenvalue weighted by molar-refractivity contribution is 5.76. The third-order valence-electron chi connectivity index (χ3n) is 11.4. The van der Waals surface area contributed by atoms with Crippen molar-refractivity contribution < 1.29 is 39.2 Å².